The average Bonchev–Trinajstić information content (AvgIpc) is 2.29. The number of rotatable bonds is 2. The van der Waals surface area contributed by atoms with Crippen LogP contribution in [-0.4, -0.2) is 11.3 Å². The Balaban J connectivity index is 2.28. The Bertz CT molecular complexity index is 369. The molecule has 0 spiro atoms. The van der Waals surface area contributed by atoms with E-state index in [1.165, 1.54) is 5.57 Å². The van der Waals surface area contributed by atoms with Gasteiger partial charge in [-0.05, 0) is 36.0 Å². The third kappa shape index (κ3) is 2.32. The molecule has 2 heteroatoms. The molecule has 1 aliphatic carbocycles. The summed E-state index contributed by atoms with van der Waals surface area (Å²) in [6.45, 7) is 2.19. The third-order valence-corrected chi connectivity index (χ3v) is 2.87. The molecule has 0 radical (unpaired) electrons. The molecule has 0 aliphatic heterocycles. The zero-order valence-corrected chi connectivity index (χ0v) is 8.89. The fraction of sp³-hybridized carbons (Fsp3) is 0.385. The fourth-order valence-corrected chi connectivity index (χ4v) is 2.18. The van der Waals surface area contributed by atoms with E-state index in [2.05, 4.69) is 24.1 Å². The number of nitrogens with zero attached hydrogens (tertiary/aromatic N) is 1. The minimum Gasteiger partial charge on any atom is -0.303 e. The van der Waals surface area contributed by atoms with Gasteiger partial charge in [0, 0.05) is 18.3 Å². The van der Waals surface area contributed by atoms with Crippen LogP contribution in [0.2, 0.25) is 0 Å². The van der Waals surface area contributed by atoms with E-state index in [9.17, 15) is 4.79 Å². The van der Waals surface area contributed by atoms with Gasteiger partial charge in [-0.2, -0.15) is 0 Å². The lowest BCUT2D eigenvalue weighted by atomic mass is 9.82. The van der Waals surface area contributed by atoms with Crippen LogP contribution >= 0.6 is 0 Å². The molecule has 0 N–H and O–H groups in total. The summed E-state index contributed by atoms with van der Waals surface area (Å²) in [5.74, 6) is 0.671. The van der Waals surface area contributed by atoms with Crippen LogP contribution in [0.1, 0.15) is 25.3 Å². The Morgan fingerprint density at radius 2 is 2.40 bits per heavy atom. The minimum absolute atomic E-state index is 0.0870. The molecule has 78 valence electrons. The van der Waals surface area contributed by atoms with Crippen molar-refractivity contribution < 1.29 is 4.79 Å². The summed E-state index contributed by atoms with van der Waals surface area (Å²) in [6, 6.07) is 3.99. The highest BCUT2D eigenvalue weighted by molar-refractivity contribution is 5.71. The van der Waals surface area contributed by atoms with E-state index in [0.717, 1.165) is 24.7 Å². The molecule has 2 unspecified atom stereocenters. The molecule has 1 aromatic heterocycles. The Hall–Kier alpha value is -1.44. The molecule has 2 atom stereocenters. The maximum absolute atomic E-state index is 10.8. The van der Waals surface area contributed by atoms with E-state index in [0.29, 0.717) is 5.92 Å². The summed E-state index contributed by atoms with van der Waals surface area (Å²) < 4.78 is 0. The second kappa shape index (κ2) is 4.39. The smallest absolute Gasteiger partial charge is 0.126 e. The maximum Gasteiger partial charge on any atom is 0.126 e. The van der Waals surface area contributed by atoms with E-state index in [4.69, 9.17) is 0 Å². The van der Waals surface area contributed by atoms with Gasteiger partial charge in [0.25, 0.3) is 0 Å². The number of allylic oxidation sites excluding steroid dienone is 2. The Morgan fingerprint density at radius 3 is 3.07 bits per heavy atom. The van der Waals surface area contributed by atoms with Crippen molar-refractivity contribution in [3.63, 3.8) is 0 Å². The van der Waals surface area contributed by atoms with Gasteiger partial charge in [0.1, 0.15) is 6.29 Å². The summed E-state index contributed by atoms with van der Waals surface area (Å²) in [7, 11) is 0. The van der Waals surface area contributed by atoms with Crippen LogP contribution in [-0.2, 0) is 4.79 Å². The predicted molar refractivity (Wildman–Crippen MR) is 60.2 cm³/mol. The largest absolute Gasteiger partial charge is 0.303 e. The quantitative estimate of drug-likeness (QED) is 0.688. The Kier molecular flexibility index (Phi) is 2.95. The molecule has 2 rings (SSSR count). The summed E-state index contributed by atoms with van der Waals surface area (Å²) in [4.78, 5) is 14.9. The summed E-state index contributed by atoms with van der Waals surface area (Å²) in [5, 5.41) is 0. The molecule has 0 amide bonds. The zero-order chi connectivity index (χ0) is 10.7. The zero-order valence-electron chi connectivity index (χ0n) is 8.89. The summed E-state index contributed by atoms with van der Waals surface area (Å²) in [6.07, 6.45) is 8.80. The number of aldehydes is 1. The highest BCUT2D eigenvalue weighted by Gasteiger charge is 2.19. The number of hydrogen-bond acceptors (Lipinski definition) is 2. The van der Waals surface area contributed by atoms with Crippen molar-refractivity contribution in [2.24, 2.45) is 11.8 Å². The van der Waals surface area contributed by atoms with E-state index >= 15 is 0 Å². The third-order valence-electron chi connectivity index (χ3n) is 2.87. The first-order chi connectivity index (χ1) is 7.29. The topological polar surface area (TPSA) is 30.0 Å². The maximum atomic E-state index is 10.8. The van der Waals surface area contributed by atoms with Crippen molar-refractivity contribution in [3.8, 4) is 0 Å². The summed E-state index contributed by atoms with van der Waals surface area (Å²) in [5.41, 5.74) is 2.41. The van der Waals surface area contributed by atoms with Gasteiger partial charge in [-0.25, -0.2) is 0 Å². The van der Waals surface area contributed by atoms with Gasteiger partial charge >= 0.3 is 0 Å². The molecule has 1 aliphatic rings. The number of carbonyl (C=O) groups is 1. The van der Waals surface area contributed by atoms with E-state index in [1.807, 2.05) is 12.3 Å². The first-order valence-corrected chi connectivity index (χ1v) is 5.36. The van der Waals surface area contributed by atoms with E-state index < -0.39 is 0 Å². The van der Waals surface area contributed by atoms with Crippen LogP contribution in [0.15, 0.2) is 30.6 Å². The number of carbonyl (C=O) groups excluding carboxylic acids is 1. The van der Waals surface area contributed by atoms with Gasteiger partial charge in [-0.1, -0.05) is 19.1 Å². The highest BCUT2D eigenvalue weighted by Crippen LogP contribution is 2.32. The standard InChI is InChI=1S/C13H15NO/c1-10-5-11(9-15)7-13(6-10)12-3-2-4-14-8-12/h2-4,7-11H,5-6H2,1H3. The number of pyridine rings is 1. The van der Waals surface area contributed by atoms with Crippen molar-refractivity contribution in [2.45, 2.75) is 19.8 Å². The van der Waals surface area contributed by atoms with Crippen LogP contribution in [0.5, 0.6) is 0 Å². The molecule has 0 fully saturated rings. The Morgan fingerprint density at radius 1 is 1.53 bits per heavy atom. The molecule has 1 heterocycles. The second-order valence-electron chi connectivity index (χ2n) is 4.28. The molecule has 0 saturated heterocycles. The van der Waals surface area contributed by atoms with Crippen molar-refractivity contribution in [1.29, 1.82) is 0 Å². The summed E-state index contributed by atoms with van der Waals surface area (Å²) >= 11 is 0. The second-order valence-corrected chi connectivity index (χ2v) is 4.28. The fourth-order valence-electron chi connectivity index (χ4n) is 2.18. The van der Waals surface area contributed by atoms with Crippen LogP contribution in [0.3, 0.4) is 0 Å². The molecule has 0 bridgehead atoms. The molecule has 0 saturated carbocycles. The first kappa shape index (κ1) is 10.1. The van der Waals surface area contributed by atoms with Crippen LogP contribution < -0.4 is 0 Å². The molecular weight excluding hydrogens is 186 g/mol. The van der Waals surface area contributed by atoms with Crippen molar-refractivity contribution in [3.05, 3.63) is 36.2 Å². The molecule has 1 aromatic rings. The van der Waals surface area contributed by atoms with Gasteiger partial charge in [0.15, 0.2) is 0 Å². The lowest BCUT2D eigenvalue weighted by Crippen LogP contribution is -2.12. The highest BCUT2D eigenvalue weighted by atomic mass is 16.1. The molecule has 2 nitrogen and oxygen atoms in total. The van der Waals surface area contributed by atoms with Crippen LogP contribution in [0.4, 0.5) is 0 Å². The Labute approximate surface area is 90.0 Å². The molecular formula is C13H15NO. The van der Waals surface area contributed by atoms with Crippen LogP contribution in [0.25, 0.3) is 5.57 Å². The molecule has 0 aromatic carbocycles. The predicted octanol–water partition coefficient (Wildman–Crippen LogP) is 2.71. The van der Waals surface area contributed by atoms with Gasteiger partial charge in [0.05, 0.1) is 0 Å². The minimum atomic E-state index is 0.0870. The van der Waals surface area contributed by atoms with Crippen LogP contribution in [0, 0.1) is 11.8 Å². The SMILES string of the molecule is CC1CC(c2cccnc2)=CC(C=O)C1. The number of hydrogen-bond donors (Lipinski definition) is 0. The van der Waals surface area contributed by atoms with E-state index in [1.54, 1.807) is 6.20 Å². The first-order valence-electron chi connectivity index (χ1n) is 5.36. The van der Waals surface area contributed by atoms with E-state index in [-0.39, 0.29) is 5.92 Å². The molecule has 15 heavy (non-hydrogen) atoms. The van der Waals surface area contributed by atoms with Gasteiger partial charge in [0.2, 0.25) is 0 Å². The van der Waals surface area contributed by atoms with Gasteiger partial charge in [-0.15, -0.1) is 0 Å². The monoisotopic (exact) mass is 201 g/mol. The lowest BCUT2D eigenvalue weighted by Gasteiger charge is -2.22. The average molecular weight is 201 g/mol. The van der Waals surface area contributed by atoms with Gasteiger partial charge in [-0.3, -0.25) is 4.98 Å². The van der Waals surface area contributed by atoms with Crippen molar-refractivity contribution in [2.75, 3.05) is 0 Å². The van der Waals surface area contributed by atoms with Crippen molar-refractivity contribution >= 4 is 11.9 Å². The normalized spacial score (nSPS) is 25.8. The van der Waals surface area contributed by atoms with Gasteiger partial charge < -0.3 is 4.79 Å². The number of aromatic nitrogens is 1. The van der Waals surface area contributed by atoms with Crippen molar-refractivity contribution in [1.82, 2.24) is 4.98 Å². The lowest BCUT2D eigenvalue weighted by molar-refractivity contribution is -0.110.